The lowest BCUT2D eigenvalue weighted by atomic mass is 10.1. The largest absolute Gasteiger partial charge is 0.327 e. The minimum Gasteiger partial charge on any atom is -0.327 e. The van der Waals surface area contributed by atoms with Crippen LogP contribution in [-0.4, -0.2) is 16.6 Å². The van der Waals surface area contributed by atoms with E-state index >= 15 is 0 Å². The molecule has 0 saturated carbocycles. The number of aliphatic imine (C=N–C) groups is 1. The number of hydrogen-bond donors (Lipinski definition) is 1. The van der Waals surface area contributed by atoms with Crippen LogP contribution in [0.15, 0.2) is 33.6 Å². The average Bonchev–Trinajstić information content (AvgIpc) is 2.28. The first-order valence-corrected chi connectivity index (χ1v) is 6.13. The number of allylic oxidation sites excluding steroid dienone is 1. The number of H-pyrrole nitrogens is 1. The third-order valence-corrected chi connectivity index (χ3v) is 2.31. The van der Waals surface area contributed by atoms with Crippen molar-refractivity contribution in [2.45, 2.75) is 34.1 Å². The second-order valence-electron chi connectivity index (χ2n) is 4.52. The third kappa shape index (κ3) is 7.12. The topological polar surface area (TPSA) is 62.3 Å². The summed E-state index contributed by atoms with van der Waals surface area (Å²) in [4.78, 5) is 27.7. The lowest BCUT2D eigenvalue weighted by molar-refractivity contribution is -0.117. The first-order chi connectivity index (χ1) is 9.36. The Balaban J connectivity index is 0.000000321. The molecule has 1 N–H and O–H groups in total. The van der Waals surface area contributed by atoms with E-state index in [9.17, 15) is 9.59 Å². The van der Waals surface area contributed by atoms with Gasteiger partial charge in [0.05, 0.1) is 6.42 Å². The SMILES string of the molecule is C#C.CC1=CC(C)=NC(=O)C1.Cc1cc(C)[nH]c(=O)c1. The van der Waals surface area contributed by atoms with Crippen molar-refractivity contribution in [3.63, 3.8) is 0 Å². The summed E-state index contributed by atoms with van der Waals surface area (Å²) in [5, 5.41) is 0. The Morgan fingerprint density at radius 2 is 1.70 bits per heavy atom. The second-order valence-corrected chi connectivity index (χ2v) is 4.52. The minimum absolute atomic E-state index is 0.0208. The molecule has 2 rings (SSSR count). The summed E-state index contributed by atoms with van der Waals surface area (Å²) in [5.41, 5.74) is 3.83. The number of aromatic amines is 1. The summed E-state index contributed by atoms with van der Waals surface area (Å²) in [6, 6.07) is 3.51. The highest BCUT2D eigenvalue weighted by molar-refractivity contribution is 6.04. The fraction of sp³-hybridized carbons (Fsp3) is 0.312. The molecule has 4 heteroatoms. The fourth-order valence-electron chi connectivity index (χ4n) is 1.77. The summed E-state index contributed by atoms with van der Waals surface area (Å²) in [6.45, 7) is 7.55. The summed E-state index contributed by atoms with van der Waals surface area (Å²) >= 11 is 0. The van der Waals surface area contributed by atoms with Gasteiger partial charge in [-0.2, -0.15) is 0 Å². The van der Waals surface area contributed by atoms with Crippen LogP contribution >= 0.6 is 0 Å². The molecule has 1 amide bonds. The Bertz CT molecular complexity index is 581. The zero-order chi connectivity index (χ0) is 15.7. The maximum atomic E-state index is 10.7. The number of dihydropyridines is 1. The van der Waals surface area contributed by atoms with E-state index in [2.05, 4.69) is 22.8 Å². The molecule has 20 heavy (non-hydrogen) atoms. The number of hydrogen-bond acceptors (Lipinski definition) is 2. The number of aryl methyl sites for hydroxylation is 2. The van der Waals surface area contributed by atoms with E-state index in [1.807, 2.05) is 39.8 Å². The molecular formula is C16H20N2O2. The van der Waals surface area contributed by atoms with Gasteiger partial charge in [-0.25, -0.2) is 4.99 Å². The first kappa shape index (κ1) is 17.6. The monoisotopic (exact) mass is 272 g/mol. The van der Waals surface area contributed by atoms with Gasteiger partial charge in [0, 0.05) is 17.5 Å². The molecule has 0 aromatic carbocycles. The van der Waals surface area contributed by atoms with Gasteiger partial charge in [0.2, 0.25) is 11.5 Å². The molecule has 0 aliphatic carbocycles. The van der Waals surface area contributed by atoms with Crippen molar-refractivity contribution in [3.8, 4) is 12.8 Å². The molecule has 1 aliphatic heterocycles. The number of nitrogens with one attached hydrogen (secondary N) is 1. The lowest BCUT2D eigenvalue weighted by Gasteiger charge is -2.03. The van der Waals surface area contributed by atoms with E-state index in [0.717, 1.165) is 22.5 Å². The summed E-state index contributed by atoms with van der Waals surface area (Å²) in [6.07, 6.45) is 10.4. The van der Waals surface area contributed by atoms with Crippen LogP contribution in [0.2, 0.25) is 0 Å². The van der Waals surface area contributed by atoms with Gasteiger partial charge in [-0.05, 0) is 45.4 Å². The van der Waals surface area contributed by atoms with Crippen LogP contribution in [0.1, 0.15) is 31.5 Å². The molecule has 0 atom stereocenters. The summed E-state index contributed by atoms with van der Waals surface area (Å²) in [5.74, 6) is -0.0208. The quantitative estimate of drug-likeness (QED) is 0.738. The average molecular weight is 272 g/mol. The highest BCUT2D eigenvalue weighted by Gasteiger charge is 2.05. The molecule has 0 radical (unpaired) electrons. The predicted octanol–water partition coefficient (Wildman–Crippen LogP) is 2.57. The van der Waals surface area contributed by atoms with Gasteiger partial charge in [-0.15, -0.1) is 12.8 Å². The number of aromatic nitrogens is 1. The Labute approximate surface area is 119 Å². The Morgan fingerprint density at radius 3 is 2.10 bits per heavy atom. The highest BCUT2D eigenvalue weighted by atomic mass is 16.1. The van der Waals surface area contributed by atoms with Crippen LogP contribution in [0, 0.1) is 26.7 Å². The minimum atomic E-state index is -0.0208. The zero-order valence-electron chi connectivity index (χ0n) is 12.4. The second kappa shape index (κ2) is 8.65. The van der Waals surface area contributed by atoms with Crippen molar-refractivity contribution >= 4 is 11.6 Å². The summed E-state index contributed by atoms with van der Waals surface area (Å²) < 4.78 is 0. The van der Waals surface area contributed by atoms with Gasteiger partial charge >= 0.3 is 0 Å². The fourth-order valence-corrected chi connectivity index (χ4v) is 1.77. The van der Waals surface area contributed by atoms with Crippen molar-refractivity contribution in [1.82, 2.24) is 4.98 Å². The van der Waals surface area contributed by atoms with Gasteiger partial charge in [0.25, 0.3) is 0 Å². The Hall–Kier alpha value is -2.41. The Morgan fingerprint density at radius 1 is 1.10 bits per heavy atom. The lowest BCUT2D eigenvalue weighted by Crippen LogP contribution is -2.05. The normalized spacial score (nSPS) is 13.0. The number of pyridine rings is 1. The van der Waals surface area contributed by atoms with E-state index in [0.29, 0.717) is 6.42 Å². The molecule has 4 nitrogen and oxygen atoms in total. The predicted molar refractivity (Wildman–Crippen MR) is 82.9 cm³/mol. The zero-order valence-corrected chi connectivity index (χ0v) is 12.4. The molecule has 1 aliphatic rings. The first-order valence-electron chi connectivity index (χ1n) is 6.13. The number of carbonyl (C=O) groups is 1. The van der Waals surface area contributed by atoms with Gasteiger partial charge in [-0.3, -0.25) is 9.59 Å². The molecule has 0 spiro atoms. The maximum absolute atomic E-state index is 10.7. The highest BCUT2D eigenvalue weighted by Crippen LogP contribution is 2.07. The van der Waals surface area contributed by atoms with Crippen molar-refractivity contribution in [2.24, 2.45) is 4.99 Å². The number of rotatable bonds is 0. The summed E-state index contributed by atoms with van der Waals surface area (Å²) in [7, 11) is 0. The molecule has 1 aromatic rings. The van der Waals surface area contributed by atoms with Gasteiger partial charge in [0.1, 0.15) is 0 Å². The van der Waals surface area contributed by atoms with Gasteiger partial charge < -0.3 is 4.98 Å². The van der Waals surface area contributed by atoms with Crippen LogP contribution < -0.4 is 5.56 Å². The third-order valence-electron chi connectivity index (χ3n) is 2.31. The number of amides is 1. The van der Waals surface area contributed by atoms with Crippen molar-refractivity contribution in [2.75, 3.05) is 0 Å². The molecule has 0 unspecified atom stereocenters. The molecule has 0 bridgehead atoms. The van der Waals surface area contributed by atoms with Crippen molar-refractivity contribution in [3.05, 3.63) is 45.4 Å². The number of carbonyl (C=O) groups excluding carboxylic acids is 1. The smallest absolute Gasteiger partial charge is 0.249 e. The van der Waals surface area contributed by atoms with E-state index in [1.165, 1.54) is 0 Å². The van der Waals surface area contributed by atoms with E-state index < -0.39 is 0 Å². The molecular weight excluding hydrogens is 252 g/mol. The van der Waals surface area contributed by atoms with Crippen molar-refractivity contribution < 1.29 is 4.79 Å². The standard InChI is InChI=1S/2C7H9NO.C2H2/c2*1-5-3-6(2)8-7(9)4-5;1-2/h3H,4H2,1-2H3;3-4H,1-2H3,(H,8,9);1-2H. The van der Waals surface area contributed by atoms with Crippen LogP contribution in [0.5, 0.6) is 0 Å². The van der Waals surface area contributed by atoms with Crippen molar-refractivity contribution in [1.29, 1.82) is 0 Å². The van der Waals surface area contributed by atoms with Crippen LogP contribution in [-0.2, 0) is 4.79 Å². The van der Waals surface area contributed by atoms with E-state index in [4.69, 9.17) is 0 Å². The van der Waals surface area contributed by atoms with E-state index in [1.54, 1.807) is 6.07 Å². The molecule has 0 saturated heterocycles. The molecule has 1 aromatic heterocycles. The Kier molecular flexibility index (Phi) is 7.61. The van der Waals surface area contributed by atoms with Crippen LogP contribution in [0.3, 0.4) is 0 Å². The number of terminal acetylenes is 1. The van der Waals surface area contributed by atoms with Gasteiger partial charge in [-0.1, -0.05) is 5.57 Å². The van der Waals surface area contributed by atoms with Crippen LogP contribution in [0.25, 0.3) is 0 Å². The number of nitrogens with zero attached hydrogens (tertiary/aromatic N) is 1. The van der Waals surface area contributed by atoms with E-state index in [-0.39, 0.29) is 11.5 Å². The molecule has 106 valence electrons. The maximum Gasteiger partial charge on any atom is 0.249 e. The molecule has 0 fully saturated rings. The van der Waals surface area contributed by atoms with Gasteiger partial charge in [0.15, 0.2) is 0 Å². The molecule has 2 heterocycles. The van der Waals surface area contributed by atoms with Crippen LogP contribution in [0.4, 0.5) is 0 Å².